The standard InChI is InChI=1S/C27H34FN3O4S/c1-18(19-5-7-21(28)8-6-19)27(26(29)33)13-11-22(12-14-27)30-36(34,35)23-9-10-25-24(16-23)20(4-3-15-32)17-31(25)2/h5-10,16-18,22,30,32H,3-4,11-15H2,1-2H3,(H2,29,33)/t18-,22?,27?/m1/s1. The average Bonchev–Trinajstić information content (AvgIpc) is 3.17. The first-order valence-corrected chi connectivity index (χ1v) is 13.8. The molecule has 1 atom stereocenters. The predicted molar refractivity (Wildman–Crippen MR) is 137 cm³/mol. The highest BCUT2D eigenvalue weighted by Gasteiger charge is 2.45. The van der Waals surface area contributed by atoms with Crippen LogP contribution in [-0.2, 0) is 28.3 Å². The zero-order valence-electron chi connectivity index (χ0n) is 20.7. The molecule has 0 unspecified atom stereocenters. The molecule has 1 aromatic heterocycles. The number of nitrogens with one attached hydrogen (secondary N) is 1. The number of hydrogen-bond acceptors (Lipinski definition) is 4. The van der Waals surface area contributed by atoms with Gasteiger partial charge in [-0.1, -0.05) is 19.1 Å². The fourth-order valence-electron chi connectivity index (χ4n) is 5.59. The SMILES string of the molecule is C[C@H](c1ccc(F)cc1)C1(C(N)=O)CCC(NS(=O)(=O)c2ccc3c(c2)c(CCCO)cn3C)CC1. The summed E-state index contributed by atoms with van der Waals surface area (Å²) in [6.07, 6.45) is 5.07. The molecule has 4 rings (SSSR count). The van der Waals surface area contributed by atoms with Crippen LogP contribution in [0.2, 0.25) is 0 Å². The maximum absolute atomic E-state index is 13.4. The normalized spacial score (nSPS) is 21.5. The highest BCUT2D eigenvalue weighted by molar-refractivity contribution is 7.89. The number of hydrogen-bond donors (Lipinski definition) is 3. The molecule has 3 aromatic rings. The number of rotatable bonds is 9. The molecule has 0 saturated heterocycles. The predicted octanol–water partition coefficient (Wildman–Crippen LogP) is 3.74. The van der Waals surface area contributed by atoms with Crippen LogP contribution in [-0.4, -0.2) is 36.6 Å². The first kappa shape index (κ1) is 26.3. The third-order valence-electron chi connectivity index (χ3n) is 7.85. The molecule has 0 spiro atoms. The van der Waals surface area contributed by atoms with E-state index in [0.29, 0.717) is 38.5 Å². The molecular formula is C27H34FN3O4S. The fourth-order valence-corrected chi connectivity index (χ4v) is 6.92. The van der Waals surface area contributed by atoms with Gasteiger partial charge < -0.3 is 15.4 Å². The summed E-state index contributed by atoms with van der Waals surface area (Å²) in [6, 6.07) is 10.9. The Labute approximate surface area is 211 Å². The second kappa shape index (κ2) is 10.3. The Morgan fingerprint density at radius 3 is 2.50 bits per heavy atom. The van der Waals surface area contributed by atoms with Crippen molar-refractivity contribution in [2.75, 3.05) is 6.61 Å². The van der Waals surface area contributed by atoms with Gasteiger partial charge in [-0.05, 0) is 85.9 Å². The number of nitrogens with two attached hydrogens (primary N) is 1. The van der Waals surface area contributed by atoms with E-state index in [1.165, 1.54) is 12.1 Å². The average molecular weight is 516 g/mol. The topological polar surface area (TPSA) is 114 Å². The van der Waals surface area contributed by atoms with E-state index in [-0.39, 0.29) is 29.3 Å². The Hall–Kier alpha value is -2.75. The van der Waals surface area contributed by atoms with Crippen LogP contribution >= 0.6 is 0 Å². The molecule has 1 fully saturated rings. The summed E-state index contributed by atoms with van der Waals surface area (Å²) in [6.45, 7) is 2.00. The van der Waals surface area contributed by atoms with Crippen molar-refractivity contribution in [3.05, 3.63) is 65.6 Å². The van der Waals surface area contributed by atoms with Gasteiger partial charge in [0.05, 0.1) is 10.3 Å². The van der Waals surface area contributed by atoms with E-state index in [4.69, 9.17) is 5.73 Å². The highest BCUT2D eigenvalue weighted by Crippen LogP contribution is 2.47. The minimum absolute atomic E-state index is 0.0736. The van der Waals surface area contributed by atoms with Crippen LogP contribution in [0.25, 0.3) is 10.9 Å². The third kappa shape index (κ3) is 5.05. The molecule has 1 saturated carbocycles. The van der Waals surface area contributed by atoms with Crippen molar-refractivity contribution in [3.8, 4) is 0 Å². The number of primary amides is 1. The summed E-state index contributed by atoms with van der Waals surface area (Å²) < 4.78 is 44.7. The summed E-state index contributed by atoms with van der Waals surface area (Å²) in [7, 11) is -1.87. The molecule has 1 aliphatic rings. The minimum atomic E-state index is -3.78. The molecule has 4 N–H and O–H groups in total. The van der Waals surface area contributed by atoms with Gasteiger partial charge in [0.1, 0.15) is 5.82 Å². The Morgan fingerprint density at radius 2 is 1.89 bits per heavy atom. The van der Waals surface area contributed by atoms with Gasteiger partial charge in [0.2, 0.25) is 15.9 Å². The molecular weight excluding hydrogens is 481 g/mol. The number of halogens is 1. The van der Waals surface area contributed by atoms with E-state index in [9.17, 15) is 22.7 Å². The van der Waals surface area contributed by atoms with Crippen molar-refractivity contribution in [1.29, 1.82) is 0 Å². The van der Waals surface area contributed by atoms with Crippen LogP contribution in [0.1, 0.15) is 56.1 Å². The van der Waals surface area contributed by atoms with Gasteiger partial charge >= 0.3 is 0 Å². The lowest BCUT2D eigenvalue weighted by molar-refractivity contribution is -0.131. The lowest BCUT2D eigenvalue weighted by Gasteiger charge is -2.42. The third-order valence-corrected chi connectivity index (χ3v) is 9.37. The summed E-state index contributed by atoms with van der Waals surface area (Å²) in [5, 5.41) is 10.1. The van der Waals surface area contributed by atoms with Crippen LogP contribution in [0, 0.1) is 11.2 Å². The Bertz CT molecular complexity index is 1340. The maximum atomic E-state index is 13.4. The Morgan fingerprint density at radius 1 is 1.22 bits per heavy atom. The lowest BCUT2D eigenvalue weighted by Crippen LogP contribution is -2.48. The van der Waals surface area contributed by atoms with E-state index in [2.05, 4.69) is 4.72 Å². The largest absolute Gasteiger partial charge is 0.396 e. The molecule has 1 heterocycles. The van der Waals surface area contributed by atoms with Crippen LogP contribution in [0.15, 0.2) is 53.6 Å². The molecule has 2 aromatic carbocycles. The smallest absolute Gasteiger partial charge is 0.240 e. The zero-order valence-corrected chi connectivity index (χ0v) is 21.5. The summed E-state index contributed by atoms with van der Waals surface area (Å²) in [5.74, 6) is -0.969. The number of carbonyl (C=O) groups excluding carboxylic acids is 1. The van der Waals surface area contributed by atoms with Gasteiger partial charge in [0.15, 0.2) is 0 Å². The second-order valence-electron chi connectivity index (χ2n) is 9.96. The van der Waals surface area contributed by atoms with Crippen LogP contribution in [0.3, 0.4) is 0 Å². The Kier molecular flexibility index (Phi) is 7.54. The van der Waals surface area contributed by atoms with Crippen molar-refractivity contribution >= 4 is 26.8 Å². The Balaban J connectivity index is 1.51. The lowest BCUT2D eigenvalue weighted by atomic mass is 9.63. The number of aryl methyl sites for hydroxylation is 2. The molecule has 0 bridgehead atoms. The number of aliphatic hydroxyl groups excluding tert-OH is 1. The molecule has 9 heteroatoms. The van der Waals surface area contributed by atoms with Crippen molar-refractivity contribution in [2.45, 2.75) is 62.3 Å². The van der Waals surface area contributed by atoms with E-state index in [1.54, 1.807) is 30.3 Å². The van der Waals surface area contributed by atoms with Gasteiger partial charge in [-0.15, -0.1) is 0 Å². The van der Waals surface area contributed by atoms with Crippen molar-refractivity contribution in [1.82, 2.24) is 9.29 Å². The zero-order chi connectivity index (χ0) is 26.1. The van der Waals surface area contributed by atoms with Crippen LogP contribution < -0.4 is 10.5 Å². The van der Waals surface area contributed by atoms with Gasteiger partial charge in [0, 0.05) is 36.8 Å². The van der Waals surface area contributed by atoms with Gasteiger partial charge in [-0.3, -0.25) is 4.79 Å². The second-order valence-corrected chi connectivity index (χ2v) is 11.7. The molecule has 36 heavy (non-hydrogen) atoms. The molecule has 0 aliphatic heterocycles. The summed E-state index contributed by atoms with van der Waals surface area (Å²) in [5.41, 5.74) is 7.82. The number of sulfonamides is 1. The van der Waals surface area contributed by atoms with Crippen molar-refractivity contribution in [2.24, 2.45) is 18.2 Å². The van der Waals surface area contributed by atoms with Gasteiger partial charge in [-0.25, -0.2) is 17.5 Å². The van der Waals surface area contributed by atoms with E-state index >= 15 is 0 Å². The number of nitrogens with zero attached hydrogens (tertiary/aromatic N) is 1. The highest BCUT2D eigenvalue weighted by atomic mass is 32.2. The maximum Gasteiger partial charge on any atom is 0.240 e. The van der Waals surface area contributed by atoms with Crippen molar-refractivity contribution < 1.29 is 22.7 Å². The number of aromatic nitrogens is 1. The number of fused-ring (bicyclic) bond motifs is 1. The van der Waals surface area contributed by atoms with Crippen LogP contribution in [0.4, 0.5) is 4.39 Å². The molecule has 1 amide bonds. The monoisotopic (exact) mass is 515 g/mol. The minimum Gasteiger partial charge on any atom is -0.396 e. The molecule has 1 aliphatic carbocycles. The van der Waals surface area contributed by atoms with Gasteiger partial charge in [0.25, 0.3) is 0 Å². The quantitative estimate of drug-likeness (QED) is 0.403. The molecule has 7 nitrogen and oxygen atoms in total. The van der Waals surface area contributed by atoms with E-state index < -0.39 is 21.3 Å². The first-order chi connectivity index (χ1) is 17.1. The number of benzene rings is 2. The summed E-state index contributed by atoms with van der Waals surface area (Å²) >= 11 is 0. The fraction of sp³-hybridized carbons (Fsp3) is 0.444. The van der Waals surface area contributed by atoms with Crippen molar-refractivity contribution in [3.63, 3.8) is 0 Å². The first-order valence-electron chi connectivity index (χ1n) is 12.3. The van der Waals surface area contributed by atoms with Gasteiger partial charge in [-0.2, -0.15) is 0 Å². The summed E-state index contributed by atoms with van der Waals surface area (Å²) in [4.78, 5) is 12.8. The molecule has 194 valence electrons. The van der Waals surface area contributed by atoms with E-state index in [1.807, 2.05) is 24.7 Å². The van der Waals surface area contributed by atoms with Crippen LogP contribution in [0.5, 0.6) is 0 Å². The molecule has 0 radical (unpaired) electrons. The number of carbonyl (C=O) groups is 1. The number of aliphatic hydroxyl groups is 1. The number of amides is 1. The van der Waals surface area contributed by atoms with E-state index in [0.717, 1.165) is 22.0 Å².